The number of anilines is 2. The third kappa shape index (κ3) is 4.22. The van der Waals surface area contributed by atoms with E-state index >= 15 is 0 Å². The Labute approximate surface area is 162 Å². The van der Waals surface area contributed by atoms with Gasteiger partial charge in [0, 0.05) is 24.2 Å². The van der Waals surface area contributed by atoms with Gasteiger partial charge in [0.1, 0.15) is 16.3 Å². The largest absolute Gasteiger partial charge is 0.420 e. The molecule has 3 aromatic rings. The average Bonchev–Trinajstić information content (AvgIpc) is 2.67. The summed E-state index contributed by atoms with van der Waals surface area (Å²) in [5, 5.41) is 11.0. The predicted molar refractivity (Wildman–Crippen MR) is 98.8 cm³/mol. The molecule has 6 nitrogen and oxygen atoms in total. The van der Waals surface area contributed by atoms with Crippen LogP contribution < -0.4 is 4.90 Å². The van der Waals surface area contributed by atoms with Gasteiger partial charge in [0.15, 0.2) is 0 Å². The second-order valence-electron chi connectivity index (χ2n) is 5.61. The van der Waals surface area contributed by atoms with Gasteiger partial charge in [-0.1, -0.05) is 42.1 Å². The van der Waals surface area contributed by atoms with Gasteiger partial charge in [-0.2, -0.15) is 13.2 Å². The Balaban J connectivity index is 2.06. The van der Waals surface area contributed by atoms with Gasteiger partial charge in [0.25, 0.3) is 5.69 Å². The number of alkyl halides is 3. The fourth-order valence-corrected chi connectivity index (χ4v) is 3.32. The normalized spacial score (nSPS) is 11.3. The fourth-order valence-electron chi connectivity index (χ4n) is 2.40. The van der Waals surface area contributed by atoms with Crippen molar-refractivity contribution < 1.29 is 18.1 Å². The smallest absolute Gasteiger partial charge is 0.308 e. The van der Waals surface area contributed by atoms with Crippen LogP contribution in [0.3, 0.4) is 0 Å². The highest BCUT2D eigenvalue weighted by molar-refractivity contribution is 7.99. The Morgan fingerprint density at radius 1 is 1.07 bits per heavy atom. The van der Waals surface area contributed by atoms with Crippen LogP contribution in [0.1, 0.15) is 5.56 Å². The molecule has 3 rings (SSSR count). The average molecular weight is 406 g/mol. The maximum absolute atomic E-state index is 13.4. The number of rotatable bonds is 5. The maximum Gasteiger partial charge on any atom is 0.420 e. The number of hydrogen-bond donors (Lipinski definition) is 0. The number of para-hydroxylation sites is 2. The summed E-state index contributed by atoms with van der Waals surface area (Å²) in [6.07, 6.45) is -3.94. The first-order valence-corrected chi connectivity index (χ1v) is 8.73. The van der Waals surface area contributed by atoms with Crippen molar-refractivity contribution in [2.24, 2.45) is 0 Å². The lowest BCUT2D eigenvalue weighted by atomic mass is 10.2. The minimum atomic E-state index is -4.63. The van der Waals surface area contributed by atoms with E-state index in [4.69, 9.17) is 0 Å². The van der Waals surface area contributed by atoms with E-state index in [2.05, 4.69) is 9.97 Å². The SMILES string of the molecule is CN(c1ncc(C(F)(F)F)c(Sc2ccccc2)n1)c1ccccc1[N+](=O)[O-]. The van der Waals surface area contributed by atoms with Gasteiger partial charge in [-0.05, 0) is 18.2 Å². The van der Waals surface area contributed by atoms with Crippen LogP contribution in [0.4, 0.5) is 30.5 Å². The standard InChI is InChI=1S/C18H13F3N4O2S/c1-24(14-9-5-6-10-15(14)25(26)27)17-22-11-13(18(19,20)21)16(23-17)28-12-7-3-2-4-8-12/h2-11H,1H3. The third-order valence-corrected chi connectivity index (χ3v) is 4.76. The molecule has 0 amide bonds. The molecule has 10 heteroatoms. The van der Waals surface area contributed by atoms with Crippen LogP contribution in [0, 0.1) is 10.1 Å². The first-order valence-electron chi connectivity index (χ1n) is 7.91. The van der Waals surface area contributed by atoms with Crippen LogP contribution in [-0.2, 0) is 6.18 Å². The summed E-state index contributed by atoms with van der Waals surface area (Å²) in [6, 6.07) is 14.4. The summed E-state index contributed by atoms with van der Waals surface area (Å²) in [7, 11) is 1.46. The Morgan fingerprint density at radius 2 is 1.71 bits per heavy atom. The van der Waals surface area contributed by atoms with E-state index in [0.29, 0.717) is 11.1 Å². The van der Waals surface area contributed by atoms with E-state index in [1.54, 1.807) is 36.4 Å². The van der Waals surface area contributed by atoms with Crippen LogP contribution in [-0.4, -0.2) is 21.9 Å². The molecule has 0 aliphatic heterocycles. The van der Waals surface area contributed by atoms with E-state index in [9.17, 15) is 23.3 Å². The summed E-state index contributed by atoms with van der Waals surface area (Å²) < 4.78 is 40.1. The number of hydrogen-bond acceptors (Lipinski definition) is 6. The van der Waals surface area contributed by atoms with Gasteiger partial charge < -0.3 is 4.90 Å². The van der Waals surface area contributed by atoms with Crippen molar-refractivity contribution in [1.29, 1.82) is 0 Å². The number of nitrogens with zero attached hydrogens (tertiary/aromatic N) is 4. The molecule has 1 heterocycles. The van der Waals surface area contributed by atoms with E-state index in [0.717, 1.165) is 11.8 Å². The molecule has 0 aliphatic carbocycles. The van der Waals surface area contributed by atoms with Gasteiger partial charge in [0.05, 0.1) is 4.92 Å². The number of halogens is 3. The summed E-state index contributed by atoms with van der Waals surface area (Å²) in [4.78, 5) is 20.4. The summed E-state index contributed by atoms with van der Waals surface area (Å²) in [5.74, 6) is -0.0827. The van der Waals surface area contributed by atoms with E-state index < -0.39 is 16.7 Å². The second kappa shape index (κ2) is 7.85. The van der Waals surface area contributed by atoms with Gasteiger partial charge in [-0.25, -0.2) is 9.97 Å². The zero-order valence-electron chi connectivity index (χ0n) is 14.4. The molecule has 2 aromatic carbocycles. The molecule has 1 aromatic heterocycles. The van der Waals surface area contributed by atoms with Crippen molar-refractivity contribution in [1.82, 2.24) is 9.97 Å². The first kappa shape index (κ1) is 19.6. The molecule has 0 saturated heterocycles. The second-order valence-corrected chi connectivity index (χ2v) is 6.67. The zero-order chi connectivity index (χ0) is 20.3. The lowest BCUT2D eigenvalue weighted by Crippen LogP contribution is -2.17. The van der Waals surface area contributed by atoms with Gasteiger partial charge >= 0.3 is 6.18 Å². The zero-order valence-corrected chi connectivity index (χ0v) is 15.2. The summed E-state index contributed by atoms with van der Waals surface area (Å²) in [6.45, 7) is 0. The highest BCUT2D eigenvalue weighted by Crippen LogP contribution is 2.39. The number of nitro groups is 1. The molecule has 0 bridgehead atoms. The Hall–Kier alpha value is -3.14. The quantitative estimate of drug-likeness (QED) is 0.324. The van der Waals surface area contributed by atoms with Crippen LogP contribution in [0.25, 0.3) is 0 Å². The number of benzene rings is 2. The van der Waals surface area contributed by atoms with Crippen LogP contribution in [0.2, 0.25) is 0 Å². The number of nitro benzene ring substituents is 1. The molecule has 0 radical (unpaired) electrons. The molecular formula is C18H13F3N4O2S. The van der Waals surface area contributed by atoms with Gasteiger partial charge in [-0.3, -0.25) is 10.1 Å². The molecule has 0 spiro atoms. The molecule has 28 heavy (non-hydrogen) atoms. The Bertz CT molecular complexity index is 1000. The van der Waals surface area contributed by atoms with Crippen molar-refractivity contribution in [3.63, 3.8) is 0 Å². The Kier molecular flexibility index (Phi) is 5.50. The van der Waals surface area contributed by atoms with Gasteiger partial charge in [0.2, 0.25) is 5.95 Å². The number of aromatic nitrogens is 2. The molecule has 0 saturated carbocycles. The first-order chi connectivity index (χ1) is 13.3. The van der Waals surface area contributed by atoms with E-state index in [-0.39, 0.29) is 22.3 Å². The van der Waals surface area contributed by atoms with E-state index in [1.807, 2.05) is 0 Å². The van der Waals surface area contributed by atoms with Crippen LogP contribution in [0.5, 0.6) is 0 Å². The lowest BCUT2D eigenvalue weighted by Gasteiger charge is -2.19. The van der Waals surface area contributed by atoms with Crippen LogP contribution >= 0.6 is 11.8 Å². The predicted octanol–water partition coefficient (Wildman–Crippen LogP) is 5.32. The lowest BCUT2D eigenvalue weighted by molar-refractivity contribution is -0.384. The topological polar surface area (TPSA) is 72.2 Å². The molecular weight excluding hydrogens is 393 g/mol. The molecule has 0 unspecified atom stereocenters. The minimum Gasteiger partial charge on any atom is -0.308 e. The van der Waals surface area contributed by atoms with Crippen molar-refractivity contribution in [3.05, 3.63) is 76.5 Å². The Morgan fingerprint density at radius 3 is 2.36 bits per heavy atom. The minimum absolute atomic E-state index is 0.0827. The van der Waals surface area contributed by atoms with Gasteiger partial charge in [-0.15, -0.1) is 0 Å². The monoisotopic (exact) mass is 406 g/mol. The van der Waals surface area contributed by atoms with Crippen molar-refractivity contribution in [3.8, 4) is 0 Å². The van der Waals surface area contributed by atoms with Crippen molar-refractivity contribution in [2.45, 2.75) is 16.1 Å². The molecule has 144 valence electrons. The van der Waals surface area contributed by atoms with E-state index in [1.165, 1.54) is 30.1 Å². The molecule has 0 atom stereocenters. The van der Waals surface area contributed by atoms with Crippen molar-refractivity contribution >= 4 is 29.1 Å². The molecule has 0 aliphatic rings. The third-order valence-electron chi connectivity index (χ3n) is 3.74. The highest BCUT2D eigenvalue weighted by atomic mass is 32.2. The van der Waals surface area contributed by atoms with Crippen LogP contribution in [0.15, 0.2) is 70.7 Å². The summed E-state index contributed by atoms with van der Waals surface area (Å²) in [5.41, 5.74) is -1.00. The van der Waals surface area contributed by atoms with Crippen molar-refractivity contribution in [2.75, 3.05) is 11.9 Å². The summed E-state index contributed by atoms with van der Waals surface area (Å²) >= 11 is 0.847. The highest BCUT2D eigenvalue weighted by Gasteiger charge is 2.36. The molecule has 0 fully saturated rings. The fraction of sp³-hybridized carbons (Fsp3) is 0.111. The maximum atomic E-state index is 13.4. The molecule has 0 N–H and O–H groups in total.